The number of aromatic amines is 1. The highest BCUT2D eigenvalue weighted by Gasteiger charge is 2.33. The van der Waals surface area contributed by atoms with Crippen LogP contribution in [-0.4, -0.2) is 23.2 Å². The summed E-state index contributed by atoms with van der Waals surface area (Å²) in [5.41, 5.74) is -0.724. The molecule has 1 fully saturated rings. The maximum absolute atomic E-state index is 11.5. The third-order valence-electron chi connectivity index (χ3n) is 2.68. The van der Waals surface area contributed by atoms with Gasteiger partial charge in [-0.25, -0.2) is 0 Å². The van der Waals surface area contributed by atoms with Gasteiger partial charge in [-0.2, -0.15) is 0 Å². The summed E-state index contributed by atoms with van der Waals surface area (Å²) in [6.45, 7) is 1.37. The third-order valence-corrected chi connectivity index (χ3v) is 2.68. The second-order valence-electron chi connectivity index (χ2n) is 3.72. The van der Waals surface area contributed by atoms with Crippen molar-refractivity contribution in [2.75, 3.05) is 13.1 Å². The van der Waals surface area contributed by atoms with Crippen molar-refractivity contribution in [2.24, 2.45) is 0 Å². The predicted molar refractivity (Wildman–Crippen MR) is 53.1 cm³/mol. The average molecular weight is 194 g/mol. The standard InChI is InChI=1S/C10H14N2O2/c13-9-8(3-1-6-12-9)10(14)4-2-5-11-7-10/h1,3,6,11,14H,2,4-5,7H2,(H,12,13). The fourth-order valence-electron chi connectivity index (χ4n) is 1.91. The first-order chi connectivity index (χ1) is 6.72. The number of H-pyrrole nitrogens is 1. The first-order valence-corrected chi connectivity index (χ1v) is 4.84. The molecule has 0 bridgehead atoms. The molecule has 1 aromatic heterocycles. The Labute approximate surface area is 82.0 Å². The molecule has 1 aliphatic rings. The molecule has 2 heterocycles. The highest BCUT2D eigenvalue weighted by molar-refractivity contribution is 5.19. The maximum Gasteiger partial charge on any atom is 0.254 e. The molecule has 1 atom stereocenters. The van der Waals surface area contributed by atoms with Gasteiger partial charge in [0.25, 0.3) is 5.56 Å². The Morgan fingerprint density at radius 3 is 3.00 bits per heavy atom. The summed E-state index contributed by atoms with van der Waals surface area (Å²) in [7, 11) is 0. The van der Waals surface area contributed by atoms with Crippen molar-refractivity contribution in [3.05, 3.63) is 34.2 Å². The third kappa shape index (κ3) is 1.58. The Kier molecular flexibility index (Phi) is 2.39. The van der Waals surface area contributed by atoms with E-state index in [0.29, 0.717) is 18.5 Å². The van der Waals surface area contributed by atoms with Crippen LogP contribution in [0.15, 0.2) is 23.1 Å². The van der Waals surface area contributed by atoms with E-state index in [0.717, 1.165) is 13.0 Å². The number of hydrogen-bond acceptors (Lipinski definition) is 3. The molecule has 14 heavy (non-hydrogen) atoms. The highest BCUT2D eigenvalue weighted by Crippen LogP contribution is 2.25. The molecule has 0 aromatic carbocycles. The zero-order valence-corrected chi connectivity index (χ0v) is 7.92. The molecular formula is C10H14N2O2. The van der Waals surface area contributed by atoms with Gasteiger partial charge in [-0.15, -0.1) is 0 Å². The summed E-state index contributed by atoms with van der Waals surface area (Å²) in [6.07, 6.45) is 3.11. The molecule has 0 aliphatic carbocycles. The van der Waals surface area contributed by atoms with E-state index in [1.165, 1.54) is 0 Å². The SMILES string of the molecule is O=c1[nH]cccc1C1(O)CCCNC1. The monoisotopic (exact) mass is 194 g/mol. The van der Waals surface area contributed by atoms with Crippen molar-refractivity contribution in [1.29, 1.82) is 0 Å². The Hall–Kier alpha value is -1.13. The second-order valence-corrected chi connectivity index (χ2v) is 3.72. The number of hydrogen-bond donors (Lipinski definition) is 3. The topological polar surface area (TPSA) is 65.1 Å². The predicted octanol–water partition coefficient (Wildman–Crippen LogP) is -0.0541. The lowest BCUT2D eigenvalue weighted by molar-refractivity contribution is 0.0110. The second kappa shape index (κ2) is 3.55. The maximum atomic E-state index is 11.5. The molecule has 0 radical (unpaired) electrons. The summed E-state index contributed by atoms with van der Waals surface area (Å²) < 4.78 is 0. The molecule has 4 nitrogen and oxygen atoms in total. The van der Waals surface area contributed by atoms with Gasteiger partial charge in [0.05, 0.1) is 5.56 Å². The molecule has 3 N–H and O–H groups in total. The van der Waals surface area contributed by atoms with Gasteiger partial charge in [0.15, 0.2) is 0 Å². The molecule has 0 saturated carbocycles. The van der Waals surface area contributed by atoms with Crippen molar-refractivity contribution in [3.8, 4) is 0 Å². The number of β-amino-alcohol motifs (C(OH)–C–C–N with tert-alkyl or cyclic N) is 1. The van der Waals surface area contributed by atoms with Gasteiger partial charge in [-0.3, -0.25) is 4.79 Å². The zero-order chi connectivity index (χ0) is 10.0. The van der Waals surface area contributed by atoms with Crippen LogP contribution in [-0.2, 0) is 5.60 Å². The van der Waals surface area contributed by atoms with E-state index in [1.807, 2.05) is 0 Å². The quantitative estimate of drug-likeness (QED) is 0.587. The molecule has 4 heteroatoms. The zero-order valence-electron chi connectivity index (χ0n) is 7.92. The van der Waals surface area contributed by atoms with Gasteiger partial charge in [0.2, 0.25) is 0 Å². The Morgan fingerprint density at radius 2 is 2.36 bits per heavy atom. The normalized spacial score (nSPS) is 27.5. The van der Waals surface area contributed by atoms with Crippen molar-refractivity contribution in [1.82, 2.24) is 10.3 Å². The highest BCUT2D eigenvalue weighted by atomic mass is 16.3. The molecule has 1 unspecified atom stereocenters. The van der Waals surface area contributed by atoms with Crippen LogP contribution >= 0.6 is 0 Å². The van der Waals surface area contributed by atoms with Crippen LogP contribution in [0.5, 0.6) is 0 Å². The van der Waals surface area contributed by atoms with Crippen LogP contribution in [0.25, 0.3) is 0 Å². The van der Waals surface area contributed by atoms with Crippen LogP contribution in [0.3, 0.4) is 0 Å². The van der Waals surface area contributed by atoms with E-state index in [1.54, 1.807) is 18.3 Å². The molecule has 1 aliphatic heterocycles. The van der Waals surface area contributed by atoms with E-state index in [4.69, 9.17) is 0 Å². The van der Waals surface area contributed by atoms with Gasteiger partial charge in [0, 0.05) is 12.7 Å². The molecule has 76 valence electrons. The Bertz CT molecular complexity index is 366. The average Bonchev–Trinajstić information content (AvgIpc) is 2.19. The first-order valence-electron chi connectivity index (χ1n) is 4.84. The van der Waals surface area contributed by atoms with Crippen molar-refractivity contribution >= 4 is 0 Å². The molecule has 1 saturated heterocycles. The number of nitrogens with one attached hydrogen (secondary N) is 2. The van der Waals surface area contributed by atoms with E-state index in [2.05, 4.69) is 10.3 Å². The van der Waals surface area contributed by atoms with Crippen LogP contribution in [0.1, 0.15) is 18.4 Å². The van der Waals surface area contributed by atoms with Crippen molar-refractivity contribution in [3.63, 3.8) is 0 Å². The van der Waals surface area contributed by atoms with Crippen LogP contribution in [0.4, 0.5) is 0 Å². The smallest absolute Gasteiger partial charge is 0.254 e. The number of pyridine rings is 1. The molecule has 0 spiro atoms. The molecule has 2 rings (SSSR count). The number of aromatic nitrogens is 1. The van der Waals surface area contributed by atoms with Crippen LogP contribution in [0.2, 0.25) is 0 Å². The minimum Gasteiger partial charge on any atom is -0.384 e. The molecule has 0 amide bonds. The fraction of sp³-hybridized carbons (Fsp3) is 0.500. The molecular weight excluding hydrogens is 180 g/mol. The molecule has 1 aromatic rings. The summed E-state index contributed by atoms with van der Waals surface area (Å²) in [6, 6.07) is 3.43. The lowest BCUT2D eigenvalue weighted by Crippen LogP contribution is -2.46. The lowest BCUT2D eigenvalue weighted by Gasteiger charge is -2.32. The first kappa shape index (κ1) is 9.43. The summed E-state index contributed by atoms with van der Waals surface area (Å²) in [4.78, 5) is 14.1. The lowest BCUT2D eigenvalue weighted by atomic mass is 9.87. The largest absolute Gasteiger partial charge is 0.384 e. The van der Waals surface area contributed by atoms with E-state index >= 15 is 0 Å². The van der Waals surface area contributed by atoms with Gasteiger partial charge < -0.3 is 15.4 Å². The van der Waals surface area contributed by atoms with Crippen molar-refractivity contribution in [2.45, 2.75) is 18.4 Å². The fourth-order valence-corrected chi connectivity index (χ4v) is 1.91. The van der Waals surface area contributed by atoms with E-state index in [9.17, 15) is 9.90 Å². The summed E-state index contributed by atoms with van der Waals surface area (Å²) in [5.74, 6) is 0. The Morgan fingerprint density at radius 1 is 1.50 bits per heavy atom. The van der Waals surface area contributed by atoms with E-state index < -0.39 is 5.60 Å². The number of rotatable bonds is 1. The van der Waals surface area contributed by atoms with Crippen LogP contribution in [0, 0.1) is 0 Å². The minimum atomic E-state index is -0.993. The number of aliphatic hydroxyl groups is 1. The number of piperidine rings is 1. The minimum absolute atomic E-state index is 0.196. The van der Waals surface area contributed by atoms with E-state index in [-0.39, 0.29) is 5.56 Å². The van der Waals surface area contributed by atoms with Crippen molar-refractivity contribution < 1.29 is 5.11 Å². The van der Waals surface area contributed by atoms with Gasteiger partial charge in [-0.1, -0.05) is 0 Å². The van der Waals surface area contributed by atoms with Crippen LogP contribution < -0.4 is 10.9 Å². The summed E-state index contributed by atoms with van der Waals surface area (Å²) in [5, 5.41) is 13.3. The van der Waals surface area contributed by atoms with Gasteiger partial charge in [-0.05, 0) is 31.5 Å². The Balaban J connectivity index is 2.37. The van der Waals surface area contributed by atoms with Gasteiger partial charge in [0.1, 0.15) is 5.60 Å². The van der Waals surface area contributed by atoms with Gasteiger partial charge >= 0.3 is 0 Å². The summed E-state index contributed by atoms with van der Waals surface area (Å²) >= 11 is 0.